The molecule has 7 rings (SSSR count). The highest BCUT2D eigenvalue weighted by atomic mass is 79.9. The number of aryl methyl sites for hydroxylation is 1. The van der Waals surface area contributed by atoms with Gasteiger partial charge < -0.3 is 28.1 Å². The lowest BCUT2D eigenvalue weighted by molar-refractivity contribution is -0.217. The number of carbonyl (C=O) groups excluding carboxylic acids is 4. The number of esters is 4. The second kappa shape index (κ2) is 9.63. The minimum absolute atomic E-state index is 0.115. The molecule has 2 saturated carbocycles. The molecule has 2 saturated heterocycles. The van der Waals surface area contributed by atoms with Crippen LogP contribution >= 0.6 is 15.9 Å². The quantitative estimate of drug-likeness (QED) is 0.157. The van der Waals surface area contributed by atoms with Crippen molar-refractivity contribution in [1.82, 2.24) is 0 Å². The second-order valence-electron chi connectivity index (χ2n) is 16.2. The highest BCUT2D eigenvalue weighted by Gasteiger charge is 2.78. The first-order chi connectivity index (χ1) is 22.1. The lowest BCUT2D eigenvalue weighted by Crippen LogP contribution is -2.58. The maximum absolute atomic E-state index is 14.6. The summed E-state index contributed by atoms with van der Waals surface area (Å²) < 4.78 is 36.9. The van der Waals surface area contributed by atoms with Crippen LogP contribution in [0.3, 0.4) is 0 Å². The molecule has 0 spiro atoms. The SMILES string of the molecule is Cc1cc(=O)oc2c3c(c(CBr)cc12)OC(C)(C)[C@H](OC(=O)[C@@]12CC[C@](C)(C(=O)O1)C2(C)C)[C@@H]3OC(=O)[C@@]12CC[C@](C)(C(=O)O1)C2(C)C. The first kappa shape index (κ1) is 33.1. The zero-order valence-corrected chi connectivity index (χ0v) is 30.3. The van der Waals surface area contributed by atoms with E-state index in [9.17, 15) is 24.0 Å². The fourth-order valence-electron chi connectivity index (χ4n) is 8.98. The summed E-state index contributed by atoms with van der Waals surface area (Å²) in [5.74, 6) is -2.23. The molecule has 4 bridgehead atoms. The maximum Gasteiger partial charge on any atom is 0.351 e. The fourth-order valence-corrected chi connectivity index (χ4v) is 9.40. The molecule has 0 unspecified atom stereocenters. The van der Waals surface area contributed by atoms with E-state index in [1.54, 1.807) is 34.6 Å². The minimum atomic E-state index is -1.61. The van der Waals surface area contributed by atoms with Crippen LogP contribution in [0.15, 0.2) is 21.3 Å². The Bertz CT molecular complexity index is 1910. The van der Waals surface area contributed by atoms with Crippen LogP contribution in [0, 0.1) is 28.6 Å². The van der Waals surface area contributed by atoms with Crippen molar-refractivity contribution in [3.8, 4) is 5.75 Å². The molecular weight excluding hydrogens is 688 g/mol. The van der Waals surface area contributed by atoms with Crippen molar-refractivity contribution in [3.63, 3.8) is 0 Å². The summed E-state index contributed by atoms with van der Waals surface area (Å²) in [4.78, 5) is 68.1. The van der Waals surface area contributed by atoms with Gasteiger partial charge in [-0.1, -0.05) is 43.6 Å². The molecule has 0 amide bonds. The van der Waals surface area contributed by atoms with E-state index in [4.69, 9.17) is 28.1 Å². The topological polar surface area (TPSA) is 145 Å². The van der Waals surface area contributed by atoms with Crippen LogP contribution in [0.1, 0.15) is 104 Å². The first-order valence-electron chi connectivity index (χ1n) is 16.4. The van der Waals surface area contributed by atoms with Crippen LogP contribution in [0.5, 0.6) is 5.75 Å². The Morgan fingerprint density at radius 3 is 1.77 bits per heavy atom. The van der Waals surface area contributed by atoms with Crippen LogP contribution in [0.25, 0.3) is 11.0 Å². The molecule has 0 radical (unpaired) electrons. The van der Waals surface area contributed by atoms with Crippen LogP contribution in [0.2, 0.25) is 0 Å². The largest absolute Gasteiger partial charge is 0.483 e. The Morgan fingerprint density at radius 2 is 1.31 bits per heavy atom. The second-order valence-corrected chi connectivity index (χ2v) is 16.8. The van der Waals surface area contributed by atoms with Gasteiger partial charge in [0.25, 0.3) is 0 Å². The van der Waals surface area contributed by atoms with Gasteiger partial charge in [-0.25, -0.2) is 14.4 Å². The van der Waals surface area contributed by atoms with E-state index in [1.165, 1.54) is 6.07 Å². The van der Waals surface area contributed by atoms with E-state index < -0.39 is 80.2 Å². The summed E-state index contributed by atoms with van der Waals surface area (Å²) in [6.07, 6.45) is -1.34. The van der Waals surface area contributed by atoms with Gasteiger partial charge in [0.2, 0.25) is 11.2 Å². The van der Waals surface area contributed by atoms with Gasteiger partial charge in [0.05, 0.1) is 16.4 Å². The smallest absolute Gasteiger partial charge is 0.351 e. The normalized spacial score (nSPS) is 36.3. The Labute approximate surface area is 286 Å². The highest BCUT2D eigenvalue weighted by molar-refractivity contribution is 9.08. The number of halogens is 1. The first-order valence-corrected chi connectivity index (χ1v) is 17.5. The van der Waals surface area contributed by atoms with Gasteiger partial charge >= 0.3 is 29.5 Å². The van der Waals surface area contributed by atoms with E-state index >= 15 is 0 Å². The Hall–Kier alpha value is -3.41. The van der Waals surface area contributed by atoms with Crippen molar-refractivity contribution in [1.29, 1.82) is 0 Å². The molecule has 0 N–H and O–H groups in total. The molecule has 48 heavy (non-hydrogen) atoms. The summed E-state index contributed by atoms with van der Waals surface area (Å²) >= 11 is 3.55. The number of fused-ring (bicyclic) bond motifs is 7. The van der Waals surface area contributed by atoms with E-state index in [0.29, 0.717) is 40.4 Å². The molecule has 6 atom stereocenters. The third-order valence-corrected chi connectivity index (χ3v) is 14.0. The predicted octanol–water partition coefficient (Wildman–Crippen LogP) is 5.91. The van der Waals surface area contributed by atoms with E-state index in [1.807, 2.05) is 33.8 Å². The van der Waals surface area contributed by atoms with Gasteiger partial charge in [-0.15, -0.1) is 0 Å². The number of ether oxygens (including phenoxy) is 5. The van der Waals surface area contributed by atoms with Crippen molar-refractivity contribution in [3.05, 3.63) is 39.2 Å². The molecule has 5 aliphatic rings. The van der Waals surface area contributed by atoms with Crippen molar-refractivity contribution in [2.75, 3.05) is 0 Å². The van der Waals surface area contributed by atoms with Gasteiger partial charge in [-0.05, 0) is 71.9 Å². The molecule has 11 nitrogen and oxygen atoms in total. The van der Waals surface area contributed by atoms with E-state index in [-0.39, 0.29) is 24.0 Å². The standard InChI is InChI=1S/C36H41BrO11/c1-17-14-20(38)43-23-19(17)15-18(16-37)22-21(23)24(44-28(41)35-12-10-33(8,26(39)47-35)31(35,4)5)25(30(2,3)46-22)45-29(42)36-13-11-34(9,27(40)48-36)32(36,6)7/h14-15,24-25H,10-13,16H2,1-9H3/t24-,25-,33-,34-,35-,36-/m1/s1. The van der Waals surface area contributed by atoms with Gasteiger partial charge in [-0.3, -0.25) is 9.59 Å². The summed E-state index contributed by atoms with van der Waals surface area (Å²) in [7, 11) is 0. The van der Waals surface area contributed by atoms with Gasteiger partial charge in [-0.2, -0.15) is 0 Å². The molecule has 258 valence electrons. The van der Waals surface area contributed by atoms with E-state index in [0.717, 1.165) is 0 Å². The highest BCUT2D eigenvalue weighted by Crippen LogP contribution is 2.67. The third-order valence-electron chi connectivity index (χ3n) is 13.4. The average Bonchev–Trinajstić information content (AvgIpc) is 3.46. The number of rotatable bonds is 5. The average molecular weight is 730 g/mol. The summed E-state index contributed by atoms with van der Waals surface area (Å²) in [6, 6.07) is 3.20. The molecule has 4 heterocycles. The molecule has 1 aromatic carbocycles. The number of carbonyl (C=O) groups is 4. The van der Waals surface area contributed by atoms with E-state index in [2.05, 4.69) is 15.9 Å². The van der Waals surface area contributed by atoms with Crippen molar-refractivity contribution in [2.45, 2.75) is 122 Å². The van der Waals surface area contributed by atoms with Crippen LogP contribution in [0.4, 0.5) is 0 Å². The Kier molecular flexibility index (Phi) is 6.64. The predicted molar refractivity (Wildman–Crippen MR) is 173 cm³/mol. The van der Waals surface area contributed by atoms with Gasteiger partial charge in [0, 0.05) is 33.2 Å². The molecule has 2 aromatic rings. The monoisotopic (exact) mass is 728 g/mol. The molecule has 2 aliphatic carbocycles. The van der Waals surface area contributed by atoms with Gasteiger partial charge in [0.1, 0.15) is 16.9 Å². The molecular formula is C36H41BrO11. The Balaban J connectivity index is 1.41. The number of alkyl halides is 1. The van der Waals surface area contributed by atoms with Crippen molar-refractivity contribution < 1.29 is 47.3 Å². The summed E-state index contributed by atoms with van der Waals surface area (Å²) in [5.41, 5.74) is -7.14. The zero-order valence-electron chi connectivity index (χ0n) is 28.7. The molecule has 12 heteroatoms. The lowest BCUT2D eigenvalue weighted by Gasteiger charge is -2.46. The Morgan fingerprint density at radius 1 is 0.792 bits per heavy atom. The maximum atomic E-state index is 14.6. The third kappa shape index (κ3) is 3.67. The van der Waals surface area contributed by atoms with Crippen LogP contribution < -0.4 is 10.4 Å². The lowest BCUT2D eigenvalue weighted by atomic mass is 9.66. The number of hydrogen-bond donors (Lipinski definition) is 0. The van der Waals surface area contributed by atoms with Crippen LogP contribution in [-0.2, 0) is 43.5 Å². The van der Waals surface area contributed by atoms with Crippen molar-refractivity contribution in [2.24, 2.45) is 21.7 Å². The molecule has 4 fully saturated rings. The zero-order chi connectivity index (χ0) is 35.2. The summed E-state index contributed by atoms with van der Waals surface area (Å²) in [5, 5.41) is 0.913. The van der Waals surface area contributed by atoms with Crippen molar-refractivity contribution >= 4 is 50.8 Å². The summed E-state index contributed by atoms with van der Waals surface area (Å²) in [6.45, 7) is 16.0. The molecule has 1 aromatic heterocycles. The minimum Gasteiger partial charge on any atom is -0.483 e. The van der Waals surface area contributed by atoms with Gasteiger partial charge in [0.15, 0.2) is 12.2 Å². The fraction of sp³-hybridized carbons (Fsp3) is 0.639. The van der Waals surface area contributed by atoms with Crippen LogP contribution in [-0.4, -0.2) is 46.8 Å². The molecule has 3 aliphatic heterocycles. The number of hydrogen-bond acceptors (Lipinski definition) is 11. The number of benzene rings is 1.